The largest absolute Gasteiger partial charge is 0.497 e. The lowest BCUT2D eigenvalue weighted by Gasteiger charge is -1.95. The zero-order valence-electron chi connectivity index (χ0n) is 12.3. The molecule has 3 aromatic rings. The minimum Gasteiger partial charge on any atom is -0.497 e. The summed E-state index contributed by atoms with van der Waals surface area (Å²) in [4.78, 5) is 17.7. The van der Waals surface area contributed by atoms with E-state index in [1.54, 1.807) is 24.5 Å². The van der Waals surface area contributed by atoms with Crippen molar-refractivity contribution in [2.45, 2.75) is 0 Å². The van der Waals surface area contributed by atoms with Crippen LogP contribution in [0.3, 0.4) is 0 Å². The molecule has 0 radical (unpaired) electrons. The second-order valence-electron chi connectivity index (χ2n) is 5.10. The molecule has 2 N–H and O–H groups in total. The molecule has 5 nitrogen and oxygen atoms in total. The van der Waals surface area contributed by atoms with Crippen LogP contribution in [0.1, 0.15) is 5.56 Å². The number of benzene rings is 1. The molecule has 6 heteroatoms. The van der Waals surface area contributed by atoms with Gasteiger partial charge in [-0.2, -0.15) is 0 Å². The molecule has 0 saturated carbocycles. The first-order valence-corrected chi connectivity index (χ1v) is 7.93. The molecule has 0 bridgehead atoms. The first kappa shape index (κ1) is 13.8. The van der Waals surface area contributed by atoms with E-state index in [0.717, 1.165) is 32.6 Å². The summed E-state index contributed by atoms with van der Waals surface area (Å²) in [6.07, 6.45) is 3.75. The standard InChI is InChI=1S/C17H13N3O2S/c1-22-12-4-5-14-10(8-12)7-11(18-14)9-13-16(19-20-17(13)21)15-3-2-6-23-15/h2-9H,1H3,(H2,19,20,21)/b11-9+. The Morgan fingerprint density at radius 2 is 2.17 bits per heavy atom. The molecule has 0 amide bonds. The summed E-state index contributed by atoms with van der Waals surface area (Å²) in [5, 5.41) is 9.43. The Morgan fingerprint density at radius 3 is 2.96 bits per heavy atom. The fourth-order valence-electron chi connectivity index (χ4n) is 2.55. The van der Waals surface area contributed by atoms with E-state index in [4.69, 9.17) is 4.74 Å². The molecule has 23 heavy (non-hydrogen) atoms. The maximum absolute atomic E-state index is 12.1. The summed E-state index contributed by atoms with van der Waals surface area (Å²) in [6.45, 7) is 0. The lowest BCUT2D eigenvalue weighted by molar-refractivity contribution is 0.414. The SMILES string of the molecule is COc1ccc2c(c1)=C/C(=C\c1c(-c3cccs3)[nH][nH]c1=O)N=2. The Balaban J connectivity index is 1.83. The van der Waals surface area contributed by atoms with Gasteiger partial charge in [-0.15, -0.1) is 11.3 Å². The van der Waals surface area contributed by atoms with Crippen molar-refractivity contribution < 1.29 is 4.74 Å². The lowest BCUT2D eigenvalue weighted by atomic mass is 10.2. The lowest BCUT2D eigenvalue weighted by Crippen LogP contribution is -2.20. The number of aromatic amines is 2. The highest BCUT2D eigenvalue weighted by molar-refractivity contribution is 7.13. The number of H-pyrrole nitrogens is 2. The number of fused-ring (bicyclic) bond motifs is 1. The third kappa shape index (κ3) is 2.43. The number of thiophene rings is 1. The van der Waals surface area contributed by atoms with Gasteiger partial charge in [0, 0.05) is 5.22 Å². The first-order valence-electron chi connectivity index (χ1n) is 7.05. The van der Waals surface area contributed by atoms with E-state index in [-0.39, 0.29) is 5.56 Å². The normalized spacial score (nSPS) is 14.4. The quantitative estimate of drug-likeness (QED) is 0.773. The number of nitrogens with one attached hydrogen (secondary N) is 2. The fraction of sp³-hybridized carbons (Fsp3) is 0.0588. The summed E-state index contributed by atoms with van der Waals surface area (Å²) in [7, 11) is 1.64. The van der Waals surface area contributed by atoms with Crippen LogP contribution in [0.2, 0.25) is 0 Å². The molecule has 0 saturated heterocycles. The average molecular weight is 323 g/mol. The number of hydrogen-bond acceptors (Lipinski definition) is 4. The van der Waals surface area contributed by atoms with Crippen LogP contribution in [-0.4, -0.2) is 17.3 Å². The van der Waals surface area contributed by atoms with Gasteiger partial charge in [0.2, 0.25) is 0 Å². The highest BCUT2D eigenvalue weighted by Crippen LogP contribution is 2.25. The van der Waals surface area contributed by atoms with E-state index in [1.807, 2.05) is 41.8 Å². The van der Waals surface area contributed by atoms with Crippen molar-refractivity contribution in [2.75, 3.05) is 7.11 Å². The number of rotatable bonds is 3. The van der Waals surface area contributed by atoms with Crippen LogP contribution in [0.25, 0.3) is 22.7 Å². The number of hydrogen-bond donors (Lipinski definition) is 2. The van der Waals surface area contributed by atoms with Crippen molar-refractivity contribution >= 4 is 23.5 Å². The molecular weight excluding hydrogens is 310 g/mol. The predicted molar refractivity (Wildman–Crippen MR) is 90.9 cm³/mol. The molecule has 0 atom stereocenters. The van der Waals surface area contributed by atoms with Crippen molar-refractivity contribution in [1.82, 2.24) is 10.2 Å². The maximum Gasteiger partial charge on any atom is 0.271 e. The number of allylic oxidation sites excluding steroid dienone is 1. The van der Waals surface area contributed by atoms with Crippen LogP contribution < -0.4 is 20.9 Å². The molecule has 114 valence electrons. The third-order valence-electron chi connectivity index (χ3n) is 3.66. The van der Waals surface area contributed by atoms with Crippen LogP contribution in [0.4, 0.5) is 0 Å². The van der Waals surface area contributed by atoms with Gasteiger partial charge < -0.3 is 4.74 Å². The number of nitrogens with zero attached hydrogens (tertiary/aromatic N) is 1. The van der Waals surface area contributed by atoms with Crippen LogP contribution in [0.5, 0.6) is 5.75 Å². The Hall–Kier alpha value is -2.86. The van der Waals surface area contributed by atoms with Crippen LogP contribution in [0.15, 0.2) is 51.2 Å². The Morgan fingerprint density at radius 1 is 1.26 bits per heavy atom. The highest BCUT2D eigenvalue weighted by atomic mass is 32.1. The van der Waals surface area contributed by atoms with E-state index in [9.17, 15) is 4.79 Å². The predicted octanol–water partition coefficient (Wildman–Crippen LogP) is 1.89. The molecule has 0 fully saturated rings. The second-order valence-corrected chi connectivity index (χ2v) is 6.04. The summed E-state index contributed by atoms with van der Waals surface area (Å²) in [5.74, 6) is 0.787. The van der Waals surface area contributed by atoms with Gasteiger partial charge in [0.25, 0.3) is 5.56 Å². The van der Waals surface area contributed by atoms with Gasteiger partial charge in [-0.1, -0.05) is 6.07 Å². The Bertz CT molecular complexity index is 1070. The van der Waals surface area contributed by atoms with E-state index < -0.39 is 0 Å². The Kier molecular flexibility index (Phi) is 3.24. The minimum absolute atomic E-state index is 0.155. The zero-order chi connectivity index (χ0) is 15.8. The molecule has 0 aliphatic carbocycles. The smallest absolute Gasteiger partial charge is 0.271 e. The zero-order valence-corrected chi connectivity index (χ0v) is 13.1. The first-order chi connectivity index (χ1) is 11.2. The van der Waals surface area contributed by atoms with Crippen molar-refractivity contribution in [3.63, 3.8) is 0 Å². The summed E-state index contributed by atoms with van der Waals surface area (Å²) < 4.78 is 5.23. The van der Waals surface area contributed by atoms with Gasteiger partial charge in [0.05, 0.1) is 34.3 Å². The molecule has 3 heterocycles. The minimum atomic E-state index is -0.155. The molecule has 2 aromatic heterocycles. The van der Waals surface area contributed by atoms with Crippen molar-refractivity contribution in [1.29, 1.82) is 0 Å². The van der Waals surface area contributed by atoms with Crippen molar-refractivity contribution in [3.05, 3.63) is 67.9 Å². The van der Waals surface area contributed by atoms with E-state index in [0.29, 0.717) is 5.56 Å². The maximum atomic E-state index is 12.1. The van der Waals surface area contributed by atoms with Gasteiger partial charge in [-0.25, -0.2) is 4.99 Å². The van der Waals surface area contributed by atoms with Gasteiger partial charge in [-0.05, 0) is 41.8 Å². The molecule has 1 aliphatic rings. The van der Waals surface area contributed by atoms with Gasteiger partial charge >= 0.3 is 0 Å². The van der Waals surface area contributed by atoms with Gasteiger partial charge in [0.15, 0.2) is 0 Å². The van der Waals surface area contributed by atoms with Crippen LogP contribution in [-0.2, 0) is 0 Å². The van der Waals surface area contributed by atoms with Crippen LogP contribution >= 0.6 is 11.3 Å². The van der Waals surface area contributed by atoms with Crippen LogP contribution in [0, 0.1) is 0 Å². The highest BCUT2D eigenvalue weighted by Gasteiger charge is 2.12. The van der Waals surface area contributed by atoms with E-state index in [1.165, 1.54) is 0 Å². The molecular formula is C17H13N3O2S. The van der Waals surface area contributed by atoms with E-state index in [2.05, 4.69) is 15.2 Å². The monoisotopic (exact) mass is 323 g/mol. The Labute approximate surface area is 135 Å². The molecule has 1 aliphatic heterocycles. The molecule has 0 spiro atoms. The molecule has 4 rings (SSSR count). The number of aromatic nitrogens is 2. The van der Waals surface area contributed by atoms with Crippen molar-refractivity contribution in [2.24, 2.45) is 4.99 Å². The molecule has 0 unspecified atom stereocenters. The average Bonchev–Trinajstić information content (AvgIpc) is 3.27. The summed E-state index contributed by atoms with van der Waals surface area (Å²) in [5.41, 5.74) is 1.96. The second kappa shape index (κ2) is 5.40. The van der Waals surface area contributed by atoms with E-state index >= 15 is 0 Å². The van der Waals surface area contributed by atoms with Gasteiger partial charge in [-0.3, -0.25) is 15.0 Å². The number of methoxy groups -OCH3 is 1. The topological polar surface area (TPSA) is 70.2 Å². The molecule has 1 aromatic carbocycles. The summed E-state index contributed by atoms with van der Waals surface area (Å²) >= 11 is 1.58. The fourth-order valence-corrected chi connectivity index (χ4v) is 3.29. The third-order valence-corrected chi connectivity index (χ3v) is 4.55. The van der Waals surface area contributed by atoms with Gasteiger partial charge in [0.1, 0.15) is 5.75 Å². The number of ether oxygens (including phenoxy) is 1. The van der Waals surface area contributed by atoms with Crippen molar-refractivity contribution in [3.8, 4) is 16.3 Å². The summed E-state index contributed by atoms with van der Waals surface area (Å²) in [6, 6.07) is 9.64.